The Morgan fingerprint density at radius 3 is 2.62 bits per heavy atom. The Bertz CT molecular complexity index is 368. The van der Waals surface area contributed by atoms with Crippen LogP contribution in [0, 0.1) is 0 Å². The molecule has 0 unspecified atom stereocenters. The molecule has 0 atom stereocenters. The van der Waals surface area contributed by atoms with Crippen LogP contribution in [0.1, 0.15) is 16.9 Å². The van der Waals surface area contributed by atoms with E-state index in [9.17, 15) is 4.79 Å². The molecule has 88 valence electrons. The highest BCUT2D eigenvalue weighted by Gasteiger charge is 2.16. The third-order valence-electron chi connectivity index (χ3n) is 1.92. The van der Waals surface area contributed by atoms with Gasteiger partial charge in [0, 0.05) is 13.5 Å². The molecule has 0 saturated heterocycles. The van der Waals surface area contributed by atoms with Crippen LogP contribution < -0.4 is 9.47 Å². The summed E-state index contributed by atoms with van der Waals surface area (Å²) in [5.41, 5.74) is 0.195. The summed E-state index contributed by atoms with van der Waals surface area (Å²) in [7, 11) is 4.43. The Hall–Kier alpha value is -1.69. The van der Waals surface area contributed by atoms with Gasteiger partial charge in [-0.05, 0) is 0 Å². The number of carbonyl (C=O) groups is 1. The van der Waals surface area contributed by atoms with Crippen molar-refractivity contribution in [2.45, 2.75) is 6.42 Å². The van der Waals surface area contributed by atoms with Crippen LogP contribution in [0.5, 0.6) is 11.8 Å². The monoisotopic (exact) mass is 226 g/mol. The van der Waals surface area contributed by atoms with Gasteiger partial charge >= 0.3 is 0 Å². The van der Waals surface area contributed by atoms with Gasteiger partial charge in [0.1, 0.15) is 0 Å². The van der Waals surface area contributed by atoms with Crippen LogP contribution in [0.15, 0.2) is 6.20 Å². The number of rotatable bonds is 6. The van der Waals surface area contributed by atoms with E-state index in [0.29, 0.717) is 12.5 Å². The smallest absolute Gasteiger partial charge is 0.246 e. The number of nitrogens with zero attached hydrogens (tertiary/aromatic N) is 2. The summed E-state index contributed by atoms with van der Waals surface area (Å²) >= 11 is 0. The first-order chi connectivity index (χ1) is 7.72. The van der Waals surface area contributed by atoms with Crippen LogP contribution in [0.25, 0.3) is 0 Å². The minimum Gasteiger partial charge on any atom is -0.480 e. The summed E-state index contributed by atoms with van der Waals surface area (Å²) in [6, 6.07) is 0. The fourth-order valence-electron chi connectivity index (χ4n) is 1.10. The van der Waals surface area contributed by atoms with Gasteiger partial charge in [-0.25, -0.2) is 4.98 Å². The molecule has 0 saturated carbocycles. The molecule has 1 aromatic heterocycles. The molecule has 0 N–H and O–H groups in total. The van der Waals surface area contributed by atoms with Crippen molar-refractivity contribution >= 4 is 5.78 Å². The summed E-state index contributed by atoms with van der Waals surface area (Å²) in [5, 5.41) is 0. The van der Waals surface area contributed by atoms with Crippen LogP contribution in [0.3, 0.4) is 0 Å². The second kappa shape index (κ2) is 6.02. The molecule has 1 rings (SSSR count). The van der Waals surface area contributed by atoms with Crippen LogP contribution in [-0.4, -0.2) is 43.7 Å². The highest BCUT2D eigenvalue weighted by atomic mass is 16.5. The summed E-state index contributed by atoms with van der Waals surface area (Å²) in [6.45, 7) is 0.343. The van der Waals surface area contributed by atoms with E-state index < -0.39 is 0 Å². The number of Topliss-reactive ketones (excluding diaryl/α,β-unsaturated/α-hetero) is 1. The van der Waals surface area contributed by atoms with Gasteiger partial charge in [-0.1, -0.05) is 0 Å². The number of aromatic nitrogens is 2. The maximum Gasteiger partial charge on any atom is 0.246 e. The van der Waals surface area contributed by atoms with E-state index in [4.69, 9.17) is 14.2 Å². The second-order valence-electron chi connectivity index (χ2n) is 2.94. The van der Waals surface area contributed by atoms with E-state index in [1.54, 1.807) is 0 Å². The fourth-order valence-corrected chi connectivity index (χ4v) is 1.10. The molecule has 0 aromatic carbocycles. The molecule has 16 heavy (non-hydrogen) atoms. The van der Waals surface area contributed by atoms with Crippen molar-refractivity contribution in [1.29, 1.82) is 0 Å². The first kappa shape index (κ1) is 12.4. The lowest BCUT2D eigenvalue weighted by atomic mass is 10.2. The zero-order valence-corrected chi connectivity index (χ0v) is 9.52. The summed E-state index contributed by atoms with van der Waals surface area (Å²) < 4.78 is 14.7. The molecule has 0 aliphatic carbocycles. The molecule has 0 radical (unpaired) electrons. The minimum atomic E-state index is -0.172. The maximum absolute atomic E-state index is 11.7. The molecule has 0 bridgehead atoms. The van der Waals surface area contributed by atoms with Gasteiger partial charge in [-0.2, -0.15) is 4.98 Å². The standard InChI is InChI=1S/C10H14N2O4/c1-14-5-4-7(13)9-10(16-3)12-8(15-2)6-11-9/h6H,4-5H2,1-3H3. The Balaban J connectivity index is 2.90. The molecule has 0 spiro atoms. The lowest BCUT2D eigenvalue weighted by molar-refractivity contribution is 0.0923. The van der Waals surface area contributed by atoms with Gasteiger partial charge in [-0.3, -0.25) is 4.79 Å². The molecule has 0 amide bonds. The topological polar surface area (TPSA) is 70.5 Å². The Morgan fingerprint density at radius 1 is 1.31 bits per heavy atom. The van der Waals surface area contributed by atoms with E-state index in [1.807, 2.05) is 0 Å². The zero-order chi connectivity index (χ0) is 12.0. The number of methoxy groups -OCH3 is 3. The van der Waals surface area contributed by atoms with Gasteiger partial charge in [0.15, 0.2) is 11.5 Å². The van der Waals surface area contributed by atoms with Crippen molar-refractivity contribution in [3.63, 3.8) is 0 Å². The van der Waals surface area contributed by atoms with Crippen molar-refractivity contribution in [3.05, 3.63) is 11.9 Å². The van der Waals surface area contributed by atoms with Crippen molar-refractivity contribution < 1.29 is 19.0 Å². The van der Waals surface area contributed by atoms with Gasteiger partial charge in [0.05, 0.1) is 27.0 Å². The zero-order valence-electron chi connectivity index (χ0n) is 9.52. The van der Waals surface area contributed by atoms with E-state index in [0.717, 1.165) is 0 Å². The van der Waals surface area contributed by atoms with Crippen LogP contribution in [0.4, 0.5) is 0 Å². The molecule has 6 heteroatoms. The lowest BCUT2D eigenvalue weighted by Gasteiger charge is -2.06. The first-order valence-electron chi connectivity index (χ1n) is 4.70. The largest absolute Gasteiger partial charge is 0.480 e. The van der Waals surface area contributed by atoms with Gasteiger partial charge in [0.25, 0.3) is 0 Å². The minimum absolute atomic E-state index is 0.167. The third-order valence-corrected chi connectivity index (χ3v) is 1.92. The van der Waals surface area contributed by atoms with Gasteiger partial charge in [-0.15, -0.1) is 0 Å². The van der Waals surface area contributed by atoms with Crippen LogP contribution in [-0.2, 0) is 4.74 Å². The van der Waals surface area contributed by atoms with E-state index >= 15 is 0 Å². The Kier molecular flexibility index (Phi) is 4.65. The predicted octanol–water partition coefficient (Wildman–Crippen LogP) is 0.713. The molecule has 1 aromatic rings. The quantitative estimate of drug-likeness (QED) is 0.665. The summed E-state index contributed by atoms with van der Waals surface area (Å²) in [6.07, 6.45) is 1.62. The van der Waals surface area contributed by atoms with E-state index in [-0.39, 0.29) is 23.8 Å². The SMILES string of the molecule is COCCC(=O)c1ncc(OC)nc1OC. The van der Waals surface area contributed by atoms with Crippen molar-refractivity contribution in [1.82, 2.24) is 9.97 Å². The average Bonchev–Trinajstić information content (AvgIpc) is 2.34. The van der Waals surface area contributed by atoms with Crippen molar-refractivity contribution in [2.75, 3.05) is 27.9 Å². The van der Waals surface area contributed by atoms with E-state index in [2.05, 4.69) is 9.97 Å². The molecule has 0 aliphatic heterocycles. The molecule has 6 nitrogen and oxygen atoms in total. The Morgan fingerprint density at radius 2 is 2.06 bits per heavy atom. The number of hydrogen-bond acceptors (Lipinski definition) is 6. The average molecular weight is 226 g/mol. The highest BCUT2D eigenvalue weighted by molar-refractivity contribution is 5.96. The van der Waals surface area contributed by atoms with Gasteiger partial charge < -0.3 is 14.2 Å². The number of ketones is 1. The maximum atomic E-state index is 11.7. The molecule has 0 fully saturated rings. The van der Waals surface area contributed by atoms with Crippen molar-refractivity contribution in [2.24, 2.45) is 0 Å². The number of ether oxygens (including phenoxy) is 3. The first-order valence-corrected chi connectivity index (χ1v) is 4.70. The summed E-state index contributed by atoms with van der Waals surface area (Å²) in [5.74, 6) is 0.300. The Labute approximate surface area is 93.6 Å². The fraction of sp³-hybridized carbons (Fsp3) is 0.500. The molecule has 1 heterocycles. The summed E-state index contributed by atoms with van der Waals surface area (Å²) in [4.78, 5) is 19.6. The highest BCUT2D eigenvalue weighted by Crippen LogP contribution is 2.17. The third kappa shape index (κ3) is 2.90. The van der Waals surface area contributed by atoms with Crippen LogP contribution >= 0.6 is 0 Å². The normalized spacial score (nSPS) is 9.94. The van der Waals surface area contributed by atoms with Crippen molar-refractivity contribution in [3.8, 4) is 11.8 Å². The van der Waals surface area contributed by atoms with Crippen LogP contribution in [0.2, 0.25) is 0 Å². The van der Waals surface area contributed by atoms with Gasteiger partial charge in [0.2, 0.25) is 11.8 Å². The number of hydrogen-bond donors (Lipinski definition) is 0. The lowest BCUT2D eigenvalue weighted by Crippen LogP contribution is -2.09. The number of carbonyl (C=O) groups excluding carboxylic acids is 1. The molecule has 0 aliphatic rings. The molecular formula is C10H14N2O4. The molecular weight excluding hydrogens is 212 g/mol. The second-order valence-corrected chi connectivity index (χ2v) is 2.94. The predicted molar refractivity (Wildman–Crippen MR) is 56.0 cm³/mol. The van der Waals surface area contributed by atoms with E-state index in [1.165, 1.54) is 27.5 Å².